The zero-order valence-corrected chi connectivity index (χ0v) is 13.6. The van der Waals surface area contributed by atoms with Gasteiger partial charge < -0.3 is 9.47 Å². The summed E-state index contributed by atoms with van der Waals surface area (Å²) < 4.78 is 15.8. The molecule has 0 radical (unpaired) electrons. The van der Waals surface area contributed by atoms with Gasteiger partial charge in [0.25, 0.3) is 0 Å². The van der Waals surface area contributed by atoms with Gasteiger partial charge in [-0.3, -0.25) is 0 Å². The Morgan fingerprint density at radius 2 is 2.19 bits per heavy atom. The van der Waals surface area contributed by atoms with Crippen molar-refractivity contribution in [1.82, 2.24) is 14.5 Å². The molecule has 21 heavy (non-hydrogen) atoms. The maximum atomic E-state index is 13.6. The van der Waals surface area contributed by atoms with Crippen LogP contribution in [0.2, 0.25) is 5.02 Å². The normalized spacial score (nSPS) is 23.9. The first-order chi connectivity index (χ1) is 10.0. The quantitative estimate of drug-likeness (QED) is 0.774. The summed E-state index contributed by atoms with van der Waals surface area (Å²) in [6, 6.07) is 3.38. The lowest BCUT2D eigenvalue weighted by molar-refractivity contribution is 0.160. The number of rotatable bonds is 2. The molecule has 6 heteroatoms. The van der Waals surface area contributed by atoms with Crippen molar-refractivity contribution >= 4 is 34.2 Å². The van der Waals surface area contributed by atoms with Gasteiger partial charge in [-0.05, 0) is 32.0 Å². The highest BCUT2D eigenvalue weighted by Crippen LogP contribution is 2.34. The van der Waals surface area contributed by atoms with E-state index in [1.807, 2.05) is 0 Å². The molecule has 0 bridgehead atoms. The average molecular weight is 330 g/mol. The number of fused-ring (bicyclic) bond motifs is 1. The van der Waals surface area contributed by atoms with Gasteiger partial charge in [0.15, 0.2) is 0 Å². The molecule has 2 aromatic rings. The van der Waals surface area contributed by atoms with Gasteiger partial charge in [0.1, 0.15) is 11.6 Å². The minimum atomic E-state index is -0.439. The van der Waals surface area contributed by atoms with Crippen molar-refractivity contribution in [3.63, 3.8) is 0 Å². The van der Waals surface area contributed by atoms with Crippen LogP contribution in [0.25, 0.3) is 11.0 Å². The predicted molar refractivity (Wildman–Crippen MR) is 84.6 cm³/mol. The number of nitrogens with zero attached hydrogens (tertiary/aromatic N) is 3. The number of piperidine rings is 1. The first-order valence-electron chi connectivity index (χ1n) is 7.11. The molecule has 114 valence electrons. The summed E-state index contributed by atoms with van der Waals surface area (Å²) in [6.45, 7) is 4.29. The van der Waals surface area contributed by atoms with E-state index in [-0.39, 0.29) is 5.02 Å². The van der Waals surface area contributed by atoms with Crippen LogP contribution >= 0.6 is 23.2 Å². The van der Waals surface area contributed by atoms with Gasteiger partial charge in [-0.25, -0.2) is 9.37 Å². The standard InChI is InChI=1S/C15H18Cl2FN3/c1-9-8-20(2)4-3-13(9)21-14-5-10(17)11(18)6-12(14)19-15(21)7-16/h5-6,9,13H,3-4,7-8H2,1-2H3. The van der Waals surface area contributed by atoms with Crippen LogP contribution < -0.4 is 0 Å². The van der Waals surface area contributed by atoms with Crippen molar-refractivity contribution in [2.75, 3.05) is 20.1 Å². The molecule has 3 nitrogen and oxygen atoms in total. The summed E-state index contributed by atoms with van der Waals surface area (Å²) >= 11 is 12.0. The van der Waals surface area contributed by atoms with Crippen LogP contribution in [0.4, 0.5) is 4.39 Å². The number of aromatic nitrogens is 2. The number of hydrogen-bond acceptors (Lipinski definition) is 2. The molecule has 0 saturated carbocycles. The Balaban J connectivity index is 2.14. The molecular formula is C15H18Cl2FN3. The molecule has 0 N–H and O–H groups in total. The molecular weight excluding hydrogens is 312 g/mol. The van der Waals surface area contributed by atoms with E-state index in [0.29, 0.717) is 23.4 Å². The van der Waals surface area contributed by atoms with Gasteiger partial charge in [-0.2, -0.15) is 0 Å². The fourth-order valence-electron chi connectivity index (χ4n) is 3.33. The fourth-order valence-corrected chi connectivity index (χ4v) is 3.68. The molecule has 0 amide bonds. The first kappa shape index (κ1) is 15.1. The number of imidazole rings is 1. The lowest BCUT2D eigenvalue weighted by atomic mass is 9.93. The third kappa shape index (κ3) is 2.65. The van der Waals surface area contributed by atoms with E-state index in [1.165, 1.54) is 6.07 Å². The first-order valence-corrected chi connectivity index (χ1v) is 8.03. The molecule has 1 aromatic carbocycles. The number of benzene rings is 1. The second-order valence-corrected chi connectivity index (χ2v) is 6.56. The van der Waals surface area contributed by atoms with Crippen LogP contribution in [0.1, 0.15) is 25.2 Å². The number of hydrogen-bond donors (Lipinski definition) is 0. The van der Waals surface area contributed by atoms with Gasteiger partial charge in [-0.1, -0.05) is 18.5 Å². The molecule has 2 atom stereocenters. The molecule has 1 aliphatic heterocycles. The summed E-state index contributed by atoms with van der Waals surface area (Å²) in [5, 5.41) is 0.130. The summed E-state index contributed by atoms with van der Waals surface area (Å²) in [7, 11) is 2.13. The van der Waals surface area contributed by atoms with Crippen LogP contribution in [0.5, 0.6) is 0 Å². The fraction of sp³-hybridized carbons (Fsp3) is 0.533. The molecule has 2 unspecified atom stereocenters. The SMILES string of the molecule is CC1CN(C)CCC1n1c(CCl)nc2cc(F)c(Cl)cc21. The second-order valence-electron chi connectivity index (χ2n) is 5.88. The van der Waals surface area contributed by atoms with Crippen molar-refractivity contribution < 1.29 is 4.39 Å². The van der Waals surface area contributed by atoms with E-state index in [2.05, 4.69) is 28.4 Å². The molecule has 1 saturated heterocycles. The maximum Gasteiger partial charge on any atom is 0.144 e. The molecule has 1 aliphatic rings. The van der Waals surface area contributed by atoms with Crippen LogP contribution in [-0.4, -0.2) is 34.6 Å². The Labute approximate surface area is 133 Å². The van der Waals surface area contributed by atoms with Crippen LogP contribution in [0.15, 0.2) is 12.1 Å². The Morgan fingerprint density at radius 1 is 1.43 bits per heavy atom. The summed E-state index contributed by atoms with van der Waals surface area (Å²) in [5.74, 6) is 1.14. The van der Waals surface area contributed by atoms with E-state index < -0.39 is 5.82 Å². The van der Waals surface area contributed by atoms with Crippen LogP contribution in [0.3, 0.4) is 0 Å². The molecule has 0 spiro atoms. The Hall–Kier alpha value is -0.840. The Morgan fingerprint density at radius 3 is 2.86 bits per heavy atom. The van der Waals surface area contributed by atoms with Crippen molar-refractivity contribution in [2.24, 2.45) is 5.92 Å². The molecule has 1 aromatic heterocycles. The highest BCUT2D eigenvalue weighted by Gasteiger charge is 2.29. The van der Waals surface area contributed by atoms with Gasteiger partial charge in [0, 0.05) is 18.7 Å². The third-order valence-corrected chi connectivity index (χ3v) is 4.85. The van der Waals surface area contributed by atoms with E-state index in [9.17, 15) is 4.39 Å². The van der Waals surface area contributed by atoms with E-state index in [0.717, 1.165) is 30.9 Å². The van der Waals surface area contributed by atoms with Gasteiger partial charge in [-0.15, -0.1) is 11.6 Å². The number of alkyl halides is 1. The third-order valence-electron chi connectivity index (χ3n) is 4.32. The highest BCUT2D eigenvalue weighted by molar-refractivity contribution is 6.31. The summed E-state index contributed by atoms with van der Waals surface area (Å²) in [6.07, 6.45) is 1.03. The average Bonchev–Trinajstić information content (AvgIpc) is 2.77. The minimum Gasteiger partial charge on any atom is -0.323 e. The topological polar surface area (TPSA) is 21.1 Å². The van der Waals surface area contributed by atoms with E-state index in [1.54, 1.807) is 6.07 Å². The molecule has 1 fully saturated rings. The summed E-state index contributed by atoms with van der Waals surface area (Å²) in [4.78, 5) is 6.81. The predicted octanol–water partition coefficient (Wildman–Crippen LogP) is 4.08. The smallest absolute Gasteiger partial charge is 0.144 e. The summed E-state index contributed by atoms with van der Waals surface area (Å²) in [5.41, 5.74) is 1.50. The Bertz CT molecular complexity index is 670. The lowest BCUT2D eigenvalue weighted by Gasteiger charge is -2.36. The number of likely N-dealkylation sites (tertiary alicyclic amines) is 1. The van der Waals surface area contributed by atoms with Crippen molar-refractivity contribution in [3.8, 4) is 0 Å². The largest absolute Gasteiger partial charge is 0.323 e. The van der Waals surface area contributed by atoms with Crippen molar-refractivity contribution in [2.45, 2.75) is 25.3 Å². The van der Waals surface area contributed by atoms with Crippen molar-refractivity contribution in [1.29, 1.82) is 0 Å². The van der Waals surface area contributed by atoms with E-state index >= 15 is 0 Å². The zero-order chi connectivity index (χ0) is 15.1. The van der Waals surface area contributed by atoms with Gasteiger partial charge in [0.2, 0.25) is 0 Å². The van der Waals surface area contributed by atoms with Crippen molar-refractivity contribution in [3.05, 3.63) is 28.8 Å². The molecule has 2 heterocycles. The van der Waals surface area contributed by atoms with Crippen LogP contribution in [0, 0.1) is 11.7 Å². The number of halogens is 3. The Kier molecular flexibility index (Phi) is 4.12. The molecule has 3 rings (SSSR count). The monoisotopic (exact) mass is 329 g/mol. The van der Waals surface area contributed by atoms with Gasteiger partial charge in [0.05, 0.1) is 21.9 Å². The lowest BCUT2D eigenvalue weighted by Crippen LogP contribution is -2.38. The van der Waals surface area contributed by atoms with Crippen LogP contribution in [-0.2, 0) is 5.88 Å². The van der Waals surface area contributed by atoms with E-state index in [4.69, 9.17) is 23.2 Å². The minimum absolute atomic E-state index is 0.130. The zero-order valence-electron chi connectivity index (χ0n) is 12.1. The molecule has 0 aliphatic carbocycles. The van der Waals surface area contributed by atoms with Gasteiger partial charge >= 0.3 is 0 Å². The maximum absolute atomic E-state index is 13.6. The highest BCUT2D eigenvalue weighted by atomic mass is 35.5. The second kappa shape index (κ2) is 5.75.